The summed E-state index contributed by atoms with van der Waals surface area (Å²) < 4.78 is 0. The Balaban J connectivity index is 2.82. The summed E-state index contributed by atoms with van der Waals surface area (Å²) in [6.45, 7) is 1.84. The fourth-order valence-electron chi connectivity index (χ4n) is 1.53. The van der Waals surface area contributed by atoms with Crippen molar-refractivity contribution in [3.8, 4) is 0 Å². The number of benzene rings is 1. The van der Waals surface area contributed by atoms with E-state index in [0.717, 1.165) is 24.3 Å². The molecule has 16 heavy (non-hydrogen) atoms. The fourth-order valence-corrected chi connectivity index (χ4v) is 1.76. The Morgan fingerprint density at radius 3 is 2.44 bits per heavy atom. The molecule has 0 saturated heterocycles. The van der Waals surface area contributed by atoms with Crippen LogP contribution in [0.5, 0.6) is 0 Å². The summed E-state index contributed by atoms with van der Waals surface area (Å²) in [7, 11) is 6.09. The van der Waals surface area contributed by atoms with Crippen LogP contribution in [-0.2, 0) is 6.61 Å². The van der Waals surface area contributed by atoms with Gasteiger partial charge in [-0.2, -0.15) is 0 Å². The molecular weight excluding hydrogens is 224 g/mol. The van der Waals surface area contributed by atoms with E-state index in [4.69, 9.17) is 11.6 Å². The third-order valence-electron chi connectivity index (χ3n) is 2.55. The molecule has 1 N–H and O–H groups in total. The zero-order chi connectivity index (χ0) is 12.1. The first-order chi connectivity index (χ1) is 7.56. The van der Waals surface area contributed by atoms with Crippen LogP contribution in [0.1, 0.15) is 5.56 Å². The van der Waals surface area contributed by atoms with Gasteiger partial charge in [-0.15, -0.1) is 0 Å². The number of nitrogens with zero attached hydrogens (tertiary/aromatic N) is 2. The number of rotatable bonds is 5. The van der Waals surface area contributed by atoms with E-state index in [1.165, 1.54) is 0 Å². The zero-order valence-electron chi connectivity index (χ0n) is 10.1. The molecule has 90 valence electrons. The summed E-state index contributed by atoms with van der Waals surface area (Å²) in [6.07, 6.45) is 0. The Labute approximate surface area is 102 Å². The van der Waals surface area contributed by atoms with E-state index in [-0.39, 0.29) is 6.61 Å². The van der Waals surface area contributed by atoms with Crippen molar-refractivity contribution < 1.29 is 5.11 Å². The van der Waals surface area contributed by atoms with Gasteiger partial charge in [-0.1, -0.05) is 17.7 Å². The number of likely N-dealkylation sites (N-methyl/N-ethyl adjacent to an activating group) is 2. The summed E-state index contributed by atoms with van der Waals surface area (Å²) in [4.78, 5) is 4.23. The minimum atomic E-state index is -0.0265. The summed E-state index contributed by atoms with van der Waals surface area (Å²) >= 11 is 6.04. The maximum atomic E-state index is 9.30. The SMILES string of the molecule is CN(C)CCN(C)c1cccc(Cl)c1CO. The Morgan fingerprint density at radius 2 is 1.88 bits per heavy atom. The smallest absolute Gasteiger partial charge is 0.0716 e. The summed E-state index contributed by atoms with van der Waals surface area (Å²) in [5, 5.41) is 9.93. The lowest BCUT2D eigenvalue weighted by Crippen LogP contribution is -2.29. The van der Waals surface area contributed by atoms with Gasteiger partial charge in [0.15, 0.2) is 0 Å². The van der Waals surface area contributed by atoms with Crippen molar-refractivity contribution >= 4 is 17.3 Å². The van der Waals surface area contributed by atoms with Crippen molar-refractivity contribution in [3.63, 3.8) is 0 Å². The van der Waals surface area contributed by atoms with Crippen LogP contribution in [0.25, 0.3) is 0 Å². The second kappa shape index (κ2) is 6.09. The first-order valence-corrected chi connectivity index (χ1v) is 5.68. The normalized spacial score (nSPS) is 10.9. The minimum absolute atomic E-state index is 0.0265. The van der Waals surface area contributed by atoms with Gasteiger partial charge in [-0.25, -0.2) is 0 Å². The van der Waals surface area contributed by atoms with E-state index in [0.29, 0.717) is 5.02 Å². The van der Waals surface area contributed by atoms with Crippen molar-refractivity contribution in [1.29, 1.82) is 0 Å². The number of halogens is 1. The molecule has 0 atom stereocenters. The Hall–Kier alpha value is -0.770. The van der Waals surface area contributed by atoms with E-state index in [2.05, 4.69) is 9.80 Å². The van der Waals surface area contributed by atoms with Gasteiger partial charge in [0.2, 0.25) is 0 Å². The largest absolute Gasteiger partial charge is 0.392 e. The standard InChI is InChI=1S/C12H19ClN2O/c1-14(2)7-8-15(3)12-6-4-5-11(13)10(12)9-16/h4-6,16H,7-9H2,1-3H3. The molecule has 0 aliphatic rings. The number of aliphatic hydroxyl groups is 1. The number of hydrogen-bond acceptors (Lipinski definition) is 3. The van der Waals surface area contributed by atoms with Crippen LogP contribution >= 0.6 is 11.6 Å². The van der Waals surface area contributed by atoms with Crippen LogP contribution in [0.3, 0.4) is 0 Å². The van der Waals surface area contributed by atoms with Gasteiger partial charge in [-0.05, 0) is 26.2 Å². The first kappa shape index (κ1) is 13.3. The average molecular weight is 243 g/mol. The second-order valence-electron chi connectivity index (χ2n) is 4.12. The van der Waals surface area contributed by atoms with Gasteiger partial charge in [0.25, 0.3) is 0 Å². The molecule has 0 saturated carbocycles. The van der Waals surface area contributed by atoms with Crippen molar-refractivity contribution in [1.82, 2.24) is 4.90 Å². The highest BCUT2D eigenvalue weighted by atomic mass is 35.5. The van der Waals surface area contributed by atoms with Gasteiger partial charge in [0.1, 0.15) is 0 Å². The molecule has 0 bridgehead atoms. The maximum Gasteiger partial charge on any atom is 0.0716 e. The Morgan fingerprint density at radius 1 is 1.19 bits per heavy atom. The minimum Gasteiger partial charge on any atom is -0.392 e. The quantitative estimate of drug-likeness (QED) is 0.854. The highest BCUT2D eigenvalue weighted by Gasteiger charge is 2.09. The molecule has 0 aliphatic carbocycles. The van der Waals surface area contributed by atoms with Crippen LogP contribution in [0.4, 0.5) is 5.69 Å². The molecule has 1 aromatic rings. The van der Waals surface area contributed by atoms with E-state index >= 15 is 0 Å². The number of anilines is 1. The van der Waals surface area contributed by atoms with Crippen LogP contribution < -0.4 is 4.90 Å². The van der Waals surface area contributed by atoms with Gasteiger partial charge in [0, 0.05) is 36.4 Å². The third-order valence-corrected chi connectivity index (χ3v) is 2.90. The average Bonchev–Trinajstić information content (AvgIpc) is 2.25. The summed E-state index contributed by atoms with van der Waals surface area (Å²) in [5.41, 5.74) is 1.79. The molecule has 0 amide bonds. The lowest BCUT2D eigenvalue weighted by Gasteiger charge is -2.24. The van der Waals surface area contributed by atoms with E-state index in [9.17, 15) is 5.11 Å². The maximum absolute atomic E-state index is 9.30. The predicted molar refractivity (Wildman–Crippen MR) is 69.2 cm³/mol. The van der Waals surface area contributed by atoms with E-state index in [1.807, 2.05) is 33.3 Å². The topological polar surface area (TPSA) is 26.7 Å². The number of hydrogen-bond donors (Lipinski definition) is 1. The molecule has 0 radical (unpaired) electrons. The molecule has 1 aromatic carbocycles. The van der Waals surface area contributed by atoms with Gasteiger partial charge >= 0.3 is 0 Å². The van der Waals surface area contributed by atoms with Gasteiger partial charge in [-0.3, -0.25) is 0 Å². The second-order valence-corrected chi connectivity index (χ2v) is 4.53. The highest BCUT2D eigenvalue weighted by Crippen LogP contribution is 2.26. The molecule has 0 fully saturated rings. The molecule has 0 aliphatic heterocycles. The van der Waals surface area contributed by atoms with Crippen molar-refractivity contribution in [2.24, 2.45) is 0 Å². The lowest BCUT2D eigenvalue weighted by atomic mass is 10.1. The Bertz CT molecular complexity index is 342. The van der Waals surface area contributed by atoms with Gasteiger partial charge < -0.3 is 14.9 Å². The third kappa shape index (κ3) is 3.37. The fraction of sp³-hybridized carbons (Fsp3) is 0.500. The summed E-state index contributed by atoms with van der Waals surface area (Å²) in [5.74, 6) is 0. The summed E-state index contributed by atoms with van der Waals surface area (Å²) in [6, 6.07) is 5.69. The molecule has 0 heterocycles. The van der Waals surface area contributed by atoms with Crippen LogP contribution in [0.2, 0.25) is 5.02 Å². The van der Waals surface area contributed by atoms with E-state index in [1.54, 1.807) is 6.07 Å². The molecule has 3 nitrogen and oxygen atoms in total. The molecule has 0 spiro atoms. The molecule has 4 heteroatoms. The first-order valence-electron chi connectivity index (χ1n) is 5.30. The predicted octanol–water partition coefficient (Wildman–Crippen LogP) is 1.83. The van der Waals surface area contributed by atoms with Crippen LogP contribution in [-0.4, -0.2) is 44.2 Å². The van der Waals surface area contributed by atoms with Crippen LogP contribution in [0.15, 0.2) is 18.2 Å². The molecule has 0 unspecified atom stereocenters. The van der Waals surface area contributed by atoms with Crippen molar-refractivity contribution in [2.45, 2.75) is 6.61 Å². The molecular formula is C12H19ClN2O. The monoisotopic (exact) mass is 242 g/mol. The van der Waals surface area contributed by atoms with Crippen molar-refractivity contribution in [2.75, 3.05) is 39.1 Å². The van der Waals surface area contributed by atoms with Gasteiger partial charge in [0.05, 0.1) is 6.61 Å². The highest BCUT2D eigenvalue weighted by molar-refractivity contribution is 6.31. The number of aliphatic hydroxyl groups excluding tert-OH is 1. The van der Waals surface area contributed by atoms with Crippen molar-refractivity contribution in [3.05, 3.63) is 28.8 Å². The zero-order valence-corrected chi connectivity index (χ0v) is 10.8. The lowest BCUT2D eigenvalue weighted by molar-refractivity contribution is 0.282. The Kier molecular flexibility index (Phi) is 5.06. The van der Waals surface area contributed by atoms with Crippen LogP contribution in [0, 0.1) is 0 Å². The molecule has 1 rings (SSSR count). The van der Waals surface area contributed by atoms with E-state index < -0.39 is 0 Å². The molecule has 0 aromatic heterocycles.